The third-order valence-electron chi connectivity index (χ3n) is 5.33. The Morgan fingerprint density at radius 2 is 1.11 bits per heavy atom. The minimum absolute atomic E-state index is 0. The van der Waals surface area contributed by atoms with Gasteiger partial charge in [-0.15, -0.1) is 0 Å². The first kappa shape index (κ1) is 38.8. The summed E-state index contributed by atoms with van der Waals surface area (Å²) < 4.78 is 61.2. The number of hydrogen-bond donors (Lipinski definition) is 5. The van der Waals surface area contributed by atoms with E-state index in [9.17, 15) is 21.4 Å². The summed E-state index contributed by atoms with van der Waals surface area (Å²) in [6, 6.07) is 12.0. The number of nitrogens with two attached hydrogens (primary N) is 1. The molecule has 0 radical (unpaired) electrons. The summed E-state index contributed by atoms with van der Waals surface area (Å²) in [7, 11) is -8.17. The molecule has 0 bridgehead atoms. The van der Waals surface area contributed by atoms with Gasteiger partial charge in [0.25, 0.3) is 20.2 Å². The Hall–Kier alpha value is -1.31. The molecule has 0 aliphatic rings. The Morgan fingerprint density at radius 1 is 0.658 bits per heavy atom. The third kappa shape index (κ3) is 19.7. The molecule has 0 atom stereocenters. The van der Waals surface area contributed by atoms with Gasteiger partial charge in [-0.2, -0.15) is 16.8 Å². The van der Waals surface area contributed by atoms with Gasteiger partial charge in [0.1, 0.15) is 0 Å². The zero-order chi connectivity index (χ0) is 28.2. The van der Waals surface area contributed by atoms with Gasteiger partial charge in [0.15, 0.2) is 0 Å². The molecule has 6 N–H and O–H groups in total. The fourth-order valence-electron chi connectivity index (χ4n) is 3.40. The van der Waals surface area contributed by atoms with E-state index in [1.165, 1.54) is 81.7 Å². The Morgan fingerprint density at radius 3 is 1.53 bits per heavy atom. The number of hydrogen-bond acceptors (Lipinski definition) is 7. The maximum absolute atomic E-state index is 11.3. The normalized spacial score (nSPS) is 10.9. The standard InChI is InChI=1S/C18H30O3S.C6H7NO3S.C2H6O2.Ti/c1-2-3-4-5-6-7-8-9-10-11-14-17-15-12-13-16-18(17)22(19,20)21;7-5-1-3-6(4-2-5)11(8,9)10;3-1-2-4;/h12-13,15-16H,2-11,14H2,1H3,(H,19,20,21);1-4H,7H2,(H,8,9,10);3-4H,1-2H2;. The fourth-order valence-corrected chi connectivity index (χ4v) is 4.64. The first-order chi connectivity index (χ1) is 17.5. The van der Waals surface area contributed by atoms with Gasteiger partial charge in [-0.1, -0.05) is 82.9 Å². The van der Waals surface area contributed by atoms with Crippen LogP contribution in [0.3, 0.4) is 0 Å². The molecule has 12 heteroatoms. The molecule has 2 aromatic carbocycles. The average molecular weight is 610 g/mol. The first-order valence-electron chi connectivity index (χ1n) is 12.6. The van der Waals surface area contributed by atoms with Gasteiger partial charge in [-0.25, -0.2) is 0 Å². The van der Waals surface area contributed by atoms with Crippen molar-refractivity contribution in [2.45, 2.75) is 87.3 Å². The fraction of sp³-hybridized carbons (Fsp3) is 0.538. The van der Waals surface area contributed by atoms with E-state index >= 15 is 0 Å². The van der Waals surface area contributed by atoms with Crippen LogP contribution in [-0.4, -0.2) is 49.4 Å². The van der Waals surface area contributed by atoms with E-state index in [2.05, 4.69) is 6.92 Å². The van der Waals surface area contributed by atoms with Crippen molar-refractivity contribution in [3.63, 3.8) is 0 Å². The zero-order valence-corrected chi connectivity index (χ0v) is 25.3. The molecule has 0 aliphatic heterocycles. The number of benzene rings is 2. The van der Waals surface area contributed by atoms with Gasteiger partial charge < -0.3 is 15.9 Å². The molecule has 0 unspecified atom stereocenters. The summed E-state index contributed by atoms with van der Waals surface area (Å²) in [5.74, 6) is 0. The monoisotopic (exact) mass is 609 g/mol. The number of aliphatic hydroxyl groups excluding tert-OH is 2. The SMILES string of the molecule is CCCCCCCCCCCCc1ccccc1S(=O)(=O)O.Nc1ccc(S(=O)(=O)O)cc1.OCCO.[Ti]. The van der Waals surface area contributed by atoms with E-state index in [0.29, 0.717) is 12.1 Å². The summed E-state index contributed by atoms with van der Waals surface area (Å²) in [5.41, 5.74) is 6.48. The van der Waals surface area contributed by atoms with Crippen molar-refractivity contribution in [3.8, 4) is 0 Å². The van der Waals surface area contributed by atoms with Crippen LogP contribution in [0.2, 0.25) is 0 Å². The van der Waals surface area contributed by atoms with E-state index in [0.717, 1.165) is 18.4 Å². The molecule has 0 fully saturated rings. The summed E-state index contributed by atoms with van der Waals surface area (Å²) in [5, 5.41) is 15.2. The van der Waals surface area contributed by atoms with Crippen molar-refractivity contribution in [1.82, 2.24) is 0 Å². The van der Waals surface area contributed by atoms with Gasteiger partial charge in [0.05, 0.1) is 23.0 Å². The maximum atomic E-state index is 11.3. The second-order valence-electron chi connectivity index (χ2n) is 8.51. The predicted molar refractivity (Wildman–Crippen MR) is 147 cm³/mol. The number of aryl methyl sites for hydroxylation is 1. The van der Waals surface area contributed by atoms with E-state index in [4.69, 9.17) is 20.5 Å². The molecule has 0 saturated carbocycles. The molecule has 0 aromatic heterocycles. The maximum Gasteiger partial charge on any atom is 0.294 e. The van der Waals surface area contributed by atoms with Crippen LogP contribution >= 0.6 is 0 Å². The van der Waals surface area contributed by atoms with E-state index in [1.54, 1.807) is 12.1 Å². The minimum Gasteiger partial charge on any atom is -0.399 e. The molecule has 2 rings (SSSR count). The molecule has 0 amide bonds. The average Bonchev–Trinajstić information content (AvgIpc) is 2.85. The minimum atomic E-state index is -4.10. The van der Waals surface area contributed by atoms with Crippen LogP contribution in [0.15, 0.2) is 58.3 Å². The smallest absolute Gasteiger partial charge is 0.294 e. The molecule has 0 saturated heterocycles. The summed E-state index contributed by atoms with van der Waals surface area (Å²) >= 11 is 0. The molecule has 0 aliphatic carbocycles. The van der Waals surface area contributed by atoms with Crippen LogP contribution in [0.1, 0.15) is 76.7 Å². The number of anilines is 1. The topological polar surface area (TPSA) is 175 Å². The summed E-state index contributed by atoms with van der Waals surface area (Å²) in [4.78, 5) is -0.0855. The molecular formula is C26H43NO8S2Ti. The molecule has 2 aromatic rings. The largest absolute Gasteiger partial charge is 0.399 e. The van der Waals surface area contributed by atoms with Crippen molar-refractivity contribution in [2.24, 2.45) is 0 Å². The van der Waals surface area contributed by atoms with E-state index < -0.39 is 20.2 Å². The Balaban J connectivity index is 0. The molecule has 38 heavy (non-hydrogen) atoms. The molecular weight excluding hydrogens is 566 g/mol. The van der Waals surface area contributed by atoms with E-state index in [-0.39, 0.29) is 44.7 Å². The summed E-state index contributed by atoms with van der Waals surface area (Å²) in [6.45, 7) is 1.99. The Labute approximate surface area is 243 Å². The quantitative estimate of drug-likeness (QED) is 0.0865. The van der Waals surface area contributed by atoms with Crippen LogP contribution in [-0.2, 0) is 48.4 Å². The predicted octanol–water partition coefficient (Wildman–Crippen LogP) is 4.88. The molecule has 0 heterocycles. The van der Waals surface area contributed by atoms with Gasteiger partial charge in [0.2, 0.25) is 0 Å². The second-order valence-corrected chi connectivity index (χ2v) is 11.3. The van der Waals surface area contributed by atoms with Crippen LogP contribution in [0.25, 0.3) is 0 Å². The third-order valence-corrected chi connectivity index (χ3v) is 7.15. The van der Waals surface area contributed by atoms with Crippen molar-refractivity contribution < 1.29 is 57.9 Å². The van der Waals surface area contributed by atoms with Crippen molar-refractivity contribution in [3.05, 3.63) is 54.1 Å². The number of aliphatic hydroxyl groups is 2. The van der Waals surface area contributed by atoms with Crippen LogP contribution in [0, 0.1) is 0 Å². The van der Waals surface area contributed by atoms with Crippen molar-refractivity contribution in [1.29, 1.82) is 0 Å². The Bertz CT molecular complexity index is 1060. The van der Waals surface area contributed by atoms with Crippen LogP contribution in [0.4, 0.5) is 5.69 Å². The van der Waals surface area contributed by atoms with Crippen LogP contribution in [0.5, 0.6) is 0 Å². The van der Waals surface area contributed by atoms with Crippen molar-refractivity contribution >= 4 is 25.9 Å². The summed E-state index contributed by atoms with van der Waals surface area (Å²) in [6.07, 6.45) is 13.3. The number of rotatable bonds is 14. The van der Waals surface area contributed by atoms with Gasteiger partial charge in [-0.05, 0) is 48.7 Å². The zero-order valence-electron chi connectivity index (χ0n) is 22.1. The van der Waals surface area contributed by atoms with Gasteiger partial charge in [0, 0.05) is 27.4 Å². The molecule has 0 spiro atoms. The van der Waals surface area contributed by atoms with E-state index in [1.807, 2.05) is 6.07 Å². The number of unbranched alkanes of at least 4 members (excludes halogenated alkanes) is 9. The van der Waals surface area contributed by atoms with Crippen LogP contribution < -0.4 is 5.73 Å². The Kier molecular flexibility index (Phi) is 23.0. The first-order valence-corrected chi connectivity index (χ1v) is 15.5. The molecule has 216 valence electrons. The molecule has 9 nitrogen and oxygen atoms in total. The van der Waals surface area contributed by atoms with Crippen molar-refractivity contribution in [2.75, 3.05) is 18.9 Å². The van der Waals surface area contributed by atoms with Gasteiger partial charge >= 0.3 is 0 Å². The second kappa shape index (κ2) is 22.5. The number of nitrogen functional groups attached to an aromatic ring is 1. The van der Waals surface area contributed by atoms with Gasteiger partial charge in [-0.3, -0.25) is 9.11 Å².